The standard InChI is InChI=1S/C19H27ClN6O5S/c1-19(2,27)10-32(28,29)9-11-7-30-16-14(8-31-15(11)16)24-17-13(20)5-21-18(25-17)23-12-4-22-26(3)6-12/h4-6,11,14-16,27H,7-10H2,1-3H3,(H2,21,23,24,25)/t11-,14-,15?,16?/m1/s1. The molecule has 4 rings (SSSR count). The van der Waals surface area contributed by atoms with Crippen molar-refractivity contribution in [3.05, 3.63) is 23.6 Å². The number of halogens is 1. The van der Waals surface area contributed by atoms with Gasteiger partial charge in [0.2, 0.25) is 5.95 Å². The molecule has 0 amide bonds. The number of rotatable bonds is 8. The van der Waals surface area contributed by atoms with Crippen molar-refractivity contribution in [3.8, 4) is 0 Å². The monoisotopic (exact) mass is 486 g/mol. The van der Waals surface area contributed by atoms with Gasteiger partial charge in [-0.2, -0.15) is 10.1 Å². The molecule has 2 fully saturated rings. The summed E-state index contributed by atoms with van der Waals surface area (Å²) in [5, 5.41) is 20.6. The summed E-state index contributed by atoms with van der Waals surface area (Å²) < 4.78 is 38.4. The van der Waals surface area contributed by atoms with Gasteiger partial charge in [0.15, 0.2) is 15.7 Å². The number of nitrogens with zero attached hydrogens (tertiary/aromatic N) is 4. The van der Waals surface area contributed by atoms with E-state index in [0.29, 0.717) is 23.4 Å². The Balaban J connectivity index is 1.41. The van der Waals surface area contributed by atoms with Crippen LogP contribution in [0.5, 0.6) is 0 Å². The lowest BCUT2D eigenvalue weighted by Crippen LogP contribution is -2.38. The van der Waals surface area contributed by atoms with Gasteiger partial charge in [-0.05, 0) is 13.8 Å². The Morgan fingerprint density at radius 3 is 2.72 bits per heavy atom. The van der Waals surface area contributed by atoms with Gasteiger partial charge in [0, 0.05) is 19.2 Å². The fourth-order valence-electron chi connectivity index (χ4n) is 4.09. The quantitative estimate of drug-likeness (QED) is 0.494. The number of sulfone groups is 1. The normalized spacial score (nSPS) is 25.7. The Morgan fingerprint density at radius 2 is 2.03 bits per heavy atom. The summed E-state index contributed by atoms with van der Waals surface area (Å²) in [4.78, 5) is 8.62. The first-order chi connectivity index (χ1) is 15.0. The largest absolute Gasteiger partial charge is 0.389 e. The molecule has 2 saturated heterocycles. The molecule has 2 aromatic heterocycles. The van der Waals surface area contributed by atoms with Crippen LogP contribution in [0.1, 0.15) is 13.8 Å². The lowest BCUT2D eigenvalue weighted by Gasteiger charge is -2.20. The first kappa shape index (κ1) is 23.2. The molecule has 176 valence electrons. The van der Waals surface area contributed by atoms with Crippen molar-refractivity contribution in [2.24, 2.45) is 13.0 Å². The summed E-state index contributed by atoms with van der Waals surface area (Å²) in [5.74, 6) is 0.0621. The predicted molar refractivity (Wildman–Crippen MR) is 119 cm³/mol. The van der Waals surface area contributed by atoms with E-state index in [1.165, 1.54) is 20.0 Å². The molecule has 4 atom stereocenters. The van der Waals surface area contributed by atoms with Crippen LogP contribution in [0.4, 0.5) is 17.5 Å². The van der Waals surface area contributed by atoms with Gasteiger partial charge in [0.1, 0.15) is 11.1 Å². The first-order valence-electron chi connectivity index (χ1n) is 10.2. The maximum absolute atomic E-state index is 12.5. The zero-order chi connectivity index (χ0) is 23.1. The zero-order valence-electron chi connectivity index (χ0n) is 18.0. The highest BCUT2D eigenvalue weighted by molar-refractivity contribution is 7.91. The highest BCUT2D eigenvalue weighted by Gasteiger charge is 2.49. The molecule has 2 aromatic rings. The first-order valence-corrected chi connectivity index (χ1v) is 12.4. The van der Waals surface area contributed by atoms with E-state index in [1.807, 2.05) is 7.05 Å². The topological polar surface area (TPSA) is 140 Å². The van der Waals surface area contributed by atoms with Crippen molar-refractivity contribution in [1.29, 1.82) is 0 Å². The maximum atomic E-state index is 12.5. The van der Waals surface area contributed by atoms with Crippen LogP contribution < -0.4 is 10.6 Å². The number of hydrogen-bond acceptors (Lipinski definition) is 10. The molecular weight excluding hydrogens is 460 g/mol. The summed E-state index contributed by atoms with van der Waals surface area (Å²) in [6.45, 7) is 3.55. The molecule has 0 aromatic carbocycles. The SMILES string of the molecule is Cn1cc(Nc2ncc(Cl)c(N[C@@H]3COC4C3OC[C@@H]4CS(=O)(=O)CC(C)(C)O)n2)cn1. The molecule has 0 bridgehead atoms. The molecule has 2 aliphatic heterocycles. The molecule has 32 heavy (non-hydrogen) atoms. The third-order valence-corrected chi connectivity index (χ3v) is 7.58. The number of nitrogens with one attached hydrogen (secondary N) is 2. The number of aliphatic hydroxyl groups is 1. The second kappa shape index (κ2) is 8.75. The van der Waals surface area contributed by atoms with E-state index >= 15 is 0 Å². The smallest absolute Gasteiger partial charge is 0.229 e. The molecule has 13 heteroatoms. The highest BCUT2D eigenvalue weighted by Crippen LogP contribution is 2.34. The van der Waals surface area contributed by atoms with Crippen LogP contribution in [-0.4, -0.2) is 81.8 Å². The fourth-order valence-corrected chi connectivity index (χ4v) is 6.37. The molecular formula is C19H27ClN6O5S. The molecule has 0 aliphatic carbocycles. The van der Waals surface area contributed by atoms with Crippen LogP contribution in [0.15, 0.2) is 18.6 Å². The lowest BCUT2D eigenvalue weighted by molar-refractivity contribution is 0.0655. The van der Waals surface area contributed by atoms with Gasteiger partial charge in [-0.15, -0.1) is 0 Å². The minimum atomic E-state index is -3.47. The number of anilines is 3. The molecule has 2 aliphatic rings. The average Bonchev–Trinajstić information content (AvgIpc) is 3.35. The highest BCUT2D eigenvalue weighted by atomic mass is 35.5. The number of ether oxygens (including phenoxy) is 2. The Labute approximate surface area is 191 Å². The zero-order valence-corrected chi connectivity index (χ0v) is 19.6. The minimum Gasteiger partial charge on any atom is -0.389 e. The van der Waals surface area contributed by atoms with Crippen LogP contribution in [0, 0.1) is 5.92 Å². The Hall–Kier alpha value is -1.99. The van der Waals surface area contributed by atoms with E-state index in [0.717, 1.165) is 5.69 Å². The van der Waals surface area contributed by atoms with Gasteiger partial charge < -0.3 is 25.2 Å². The number of fused-ring (bicyclic) bond motifs is 1. The summed E-state index contributed by atoms with van der Waals surface area (Å²) in [7, 11) is -1.66. The van der Waals surface area contributed by atoms with Gasteiger partial charge in [-0.1, -0.05) is 11.6 Å². The Bertz CT molecular complexity index is 1070. The minimum absolute atomic E-state index is 0.0989. The summed E-state index contributed by atoms with van der Waals surface area (Å²) in [6, 6.07) is -0.249. The van der Waals surface area contributed by atoms with Crippen LogP contribution in [0.25, 0.3) is 0 Å². The Morgan fingerprint density at radius 1 is 1.28 bits per heavy atom. The van der Waals surface area contributed by atoms with Gasteiger partial charge >= 0.3 is 0 Å². The van der Waals surface area contributed by atoms with Crippen molar-refractivity contribution in [1.82, 2.24) is 19.7 Å². The summed E-state index contributed by atoms with van der Waals surface area (Å²) >= 11 is 6.29. The van der Waals surface area contributed by atoms with E-state index in [4.69, 9.17) is 21.1 Å². The molecule has 4 heterocycles. The van der Waals surface area contributed by atoms with Crippen molar-refractivity contribution >= 4 is 38.9 Å². The van der Waals surface area contributed by atoms with Gasteiger partial charge in [0.05, 0.1) is 60.5 Å². The van der Waals surface area contributed by atoms with E-state index < -0.39 is 15.4 Å². The predicted octanol–water partition coefficient (Wildman–Crippen LogP) is 0.987. The van der Waals surface area contributed by atoms with Gasteiger partial charge in [-0.25, -0.2) is 13.4 Å². The van der Waals surface area contributed by atoms with E-state index in [2.05, 4.69) is 25.7 Å². The Kier molecular flexibility index (Phi) is 6.34. The molecule has 11 nitrogen and oxygen atoms in total. The van der Waals surface area contributed by atoms with E-state index in [1.54, 1.807) is 17.1 Å². The molecule has 0 spiro atoms. The van der Waals surface area contributed by atoms with Crippen molar-refractivity contribution in [3.63, 3.8) is 0 Å². The van der Waals surface area contributed by atoms with Crippen LogP contribution >= 0.6 is 11.6 Å². The van der Waals surface area contributed by atoms with Crippen molar-refractivity contribution in [2.45, 2.75) is 37.7 Å². The van der Waals surface area contributed by atoms with Crippen LogP contribution in [0.3, 0.4) is 0 Å². The number of hydrogen-bond donors (Lipinski definition) is 3. The fraction of sp³-hybridized carbons (Fsp3) is 0.632. The van der Waals surface area contributed by atoms with Gasteiger partial charge in [-0.3, -0.25) is 4.68 Å². The third-order valence-electron chi connectivity index (χ3n) is 5.22. The van der Waals surface area contributed by atoms with Gasteiger partial charge in [0.25, 0.3) is 0 Å². The van der Waals surface area contributed by atoms with Crippen molar-refractivity contribution < 1.29 is 23.0 Å². The average molecular weight is 487 g/mol. The molecule has 0 radical (unpaired) electrons. The molecule has 0 saturated carbocycles. The maximum Gasteiger partial charge on any atom is 0.229 e. The van der Waals surface area contributed by atoms with E-state index in [-0.39, 0.29) is 42.3 Å². The number of aryl methyl sites for hydroxylation is 1. The second-order valence-corrected chi connectivity index (χ2v) is 11.4. The lowest BCUT2D eigenvalue weighted by atomic mass is 10.0. The second-order valence-electron chi connectivity index (χ2n) is 8.89. The summed E-state index contributed by atoms with van der Waals surface area (Å²) in [5.41, 5.74) is -0.553. The molecule has 3 N–H and O–H groups in total. The third kappa shape index (κ3) is 5.49. The van der Waals surface area contributed by atoms with Crippen molar-refractivity contribution in [2.75, 3.05) is 35.4 Å². The molecule has 2 unspecified atom stereocenters. The van der Waals surface area contributed by atoms with E-state index in [9.17, 15) is 13.5 Å². The van der Waals surface area contributed by atoms with Crippen LogP contribution in [0.2, 0.25) is 5.02 Å². The summed E-state index contributed by atoms with van der Waals surface area (Å²) in [6.07, 6.45) is 4.23. The van der Waals surface area contributed by atoms with Crippen LogP contribution in [-0.2, 0) is 26.4 Å². The number of aromatic nitrogens is 4.